The smallest absolute Gasteiger partial charge is 0.224 e. The minimum atomic E-state index is 0.0884. The Kier molecular flexibility index (Phi) is 7.19. The van der Waals surface area contributed by atoms with Gasteiger partial charge in [-0.2, -0.15) is 0 Å². The van der Waals surface area contributed by atoms with Crippen molar-refractivity contribution in [2.75, 3.05) is 6.54 Å². The zero-order chi connectivity index (χ0) is 14.1. The predicted octanol–water partition coefficient (Wildman–Crippen LogP) is 2.63. The summed E-state index contributed by atoms with van der Waals surface area (Å²) < 4.78 is 0. The number of hydrogen-bond acceptors (Lipinski definition) is 2. The SMILES string of the molecule is CC(C)CCCCNC(=O)Cc1ccccc1CN. The predicted molar refractivity (Wildman–Crippen MR) is 79.7 cm³/mol. The van der Waals surface area contributed by atoms with Gasteiger partial charge in [0.15, 0.2) is 0 Å². The molecule has 0 heterocycles. The highest BCUT2D eigenvalue weighted by atomic mass is 16.1. The Balaban J connectivity index is 2.27. The summed E-state index contributed by atoms with van der Waals surface area (Å²) >= 11 is 0. The van der Waals surface area contributed by atoms with Gasteiger partial charge in [-0.15, -0.1) is 0 Å². The van der Waals surface area contributed by atoms with Crippen LogP contribution in [0.25, 0.3) is 0 Å². The first-order valence-electron chi connectivity index (χ1n) is 7.17. The minimum absolute atomic E-state index is 0.0884. The molecule has 0 bridgehead atoms. The van der Waals surface area contributed by atoms with E-state index < -0.39 is 0 Å². The van der Waals surface area contributed by atoms with Crippen LogP contribution < -0.4 is 11.1 Å². The van der Waals surface area contributed by atoms with Gasteiger partial charge in [-0.1, -0.05) is 51.0 Å². The van der Waals surface area contributed by atoms with Crippen LogP contribution in [0.15, 0.2) is 24.3 Å². The number of carbonyl (C=O) groups is 1. The molecule has 0 aliphatic heterocycles. The number of nitrogens with two attached hydrogens (primary N) is 1. The van der Waals surface area contributed by atoms with E-state index in [1.807, 2.05) is 24.3 Å². The Morgan fingerprint density at radius 1 is 1.21 bits per heavy atom. The van der Waals surface area contributed by atoms with Crippen molar-refractivity contribution in [3.05, 3.63) is 35.4 Å². The molecule has 0 aliphatic carbocycles. The second kappa shape index (κ2) is 8.70. The van der Waals surface area contributed by atoms with Crippen molar-refractivity contribution in [3.8, 4) is 0 Å². The number of nitrogens with one attached hydrogen (secondary N) is 1. The van der Waals surface area contributed by atoms with Crippen LogP contribution in [-0.2, 0) is 17.8 Å². The van der Waals surface area contributed by atoms with Crippen LogP contribution in [0.2, 0.25) is 0 Å². The summed E-state index contributed by atoms with van der Waals surface area (Å²) in [5, 5.41) is 2.98. The molecule has 0 unspecified atom stereocenters. The number of amides is 1. The Morgan fingerprint density at radius 2 is 1.89 bits per heavy atom. The molecule has 3 heteroatoms. The van der Waals surface area contributed by atoms with E-state index >= 15 is 0 Å². The highest BCUT2D eigenvalue weighted by Crippen LogP contribution is 2.09. The maximum absolute atomic E-state index is 11.8. The van der Waals surface area contributed by atoms with Gasteiger partial charge in [0, 0.05) is 13.1 Å². The van der Waals surface area contributed by atoms with Gasteiger partial charge >= 0.3 is 0 Å². The summed E-state index contributed by atoms with van der Waals surface area (Å²) in [7, 11) is 0. The molecule has 0 aromatic heterocycles. The Hall–Kier alpha value is -1.35. The van der Waals surface area contributed by atoms with Crippen LogP contribution in [0.4, 0.5) is 0 Å². The molecule has 1 aromatic rings. The van der Waals surface area contributed by atoms with Crippen molar-refractivity contribution in [1.29, 1.82) is 0 Å². The average Bonchev–Trinajstić information content (AvgIpc) is 2.38. The lowest BCUT2D eigenvalue weighted by molar-refractivity contribution is -0.120. The largest absolute Gasteiger partial charge is 0.356 e. The van der Waals surface area contributed by atoms with E-state index in [9.17, 15) is 4.79 Å². The van der Waals surface area contributed by atoms with Gasteiger partial charge in [0.2, 0.25) is 5.91 Å². The summed E-state index contributed by atoms with van der Waals surface area (Å²) in [6, 6.07) is 7.85. The highest BCUT2D eigenvalue weighted by molar-refractivity contribution is 5.78. The molecule has 0 fully saturated rings. The number of hydrogen-bond donors (Lipinski definition) is 2. The summed E-state index contributed by atoms with van der Waals surface area (Å²) in [6.07, 6.45) is 3.89. The first-order chi connectivity index (χ1) is 9.13. The van der Waals surface area contributed by atoms with Gasteiger partial charge in [0.25, 0.3) is 0 Å². The van der Waals surface area contributed by atoms with Crippen LogP contribution in [0, 0.1) is 5.92 Å². The van der Waals surface area contributed by atoms with E-state index in [0.29, 0.717) is 13.0 Å². The third-order valence-corrected chi connectivity index (χ3v) is 3.22. The van der Waals surface area contributed by atoms with Crippen LogP contribution in [0.3, 0.4) is 0 Å². The molecule has 19 heavy (non-hydrogen) atoms. The van der Waals surface area contributed by atoms with Crippen molar-refractivity contribution in [2.45, 2.75) is 46.1 Å². The summed E-state index contributed by atoms with van der Waals surface area (Å²) in [4.78, 5) is 11.8. The number of benzene rings is 1. The van der Waals surface area contributed by atoms with Crippen molar-refractivity contribution in [1.82, 2.24) is 5.32 Å². The average molecular weight is 262 g/mol. The molecule has 106 valence electrons. The molecule has 0 atom stereocenters. The monoisotopic (exact) mass is 262 g/mol. The molecule has 0 saturated carbocycles. The normalized spacial score (nSPS) is 10.7. The Bertz CT molecular complexity index is 388. The third kappa shape index (κ3) is 6.39. The summed E-state index contributed by atoms with van der Waals surface area (Å²) in [6.45, 7) is 5.71. The van der Waals surface area contributed by atoms with E-state index in [4.69, 9.17) is 5.73 Å². The molecule has 1 rings (SSSR count). The van der Waals surface area contributed by atoms with Gasteiger partial charge in [-0.3, -0.25) is 4.79 Å². The van der Waals surface area contributed by atoms with Gasteiger partial charge < -0.3 is 11.1 Å². The zero-order valence-corrected chi connectivity index (χ0v) is 12.1. The molecule has 1 amide bonds. The maximum Gasteiger partial charge on any atom is 0.224 e. The van der Waals surface area contributed by atoms with Crippen molar-refractivity contribution >= 4 is 5.91 Å². The molecular formula is C16H26N2O. The van der Waals surface area contributed by atoms with Crippen LogP contribution >= 0.6 is 0 Å². The minimum Gasteiger partial charge on any atom is -0.356 e. The lowest BCUT2D eigenvalue weighted by Crippen LogP contribution is -2.26. The van der Waals surface area contributed by atoms with Crippen LogP contribution in [0.5, 0.6) is 0 Å². The third-order valence-electron chi connectivity index (χ3n) is 3.22. The highest BCUT2D eigenvalue weighted by Gasteiger charge is 2.06. The van der Waals surface area contributed by atoms with Crippen molar-refractivity contribution in [3.63, 3.8) is 0 Å². The second-order valence-electron chi connectivity index (χ2n) is 5.39. The summed E-state index contributed by atoms with van der Waals surface area (Å²) in [5.74, 6) is 0.831. The Morgan fingerprint density at radius 3 is 2.53 bits per heavy atom. The maximum atomic E-state index is 11.8. The van der Waals surface area contributed by atoms with E-state index in [1.54, 1.807) is 0 Å². The van der Waals surface area contributed by atoms with E-state index in [0.717, 1.165) is 30.0 Å². The molecule has 3 nitrogen and oxygen atoms in total. The molecule has 0 radical (unpaired) electrons. The van der Waals surface area contributed by atoms with Crippen molar-refractivity contribution in [2.24, 2.45) is 11.7 Å². The van der Waals surface area contributed by atoms with Crippen LogP contribution in [-0.4, -0.2) is 12.5 Å². The lowest BCUT2D eigenvalue weighted by Gasteiger charge is -2.09. The molecule has 1 aromatic carbocycles. The van der Waals surface area contributed by atoms with Gasteiger partial charge in [-0.25, -0.2) is 0 Å². The van der Waals surface area contributed by atoms with Gasteiger partial charge in [0.05, 0.1) is 6.42 Å². The van der Waals surface area contributed by atoms with E-state index in [1.165, 1.54) is 12.8 Å². The first kappa shape index (κ1) is 15.7. The number of carbonyl (C=O) groups excluding carboxylic acids is 1. The first-order valence-corrected chi connectivity index (χ1v) is 7.17. The number of unbranched alkanes of at least 4 members (excludes halogenated alkanes) is 1. The summed E-state index contributed by atoms with van der Waals surface area (Å²) in [5.41, 5.74) is 7.75. The topological polar surface area (TPSA) is 55.1 Å². The fraction of sp³-hybridized carbons (Fsp3) is 0.562. The zero-order valence-electron chi connectivity index (χ0n) is 12.1. The Labute approximate surface area is 116 Å². The molecular weight excluding hydrogens is 236 g/mol. The second-order valence-corrected chi connectivity index (χ2v) is 5.39. The van der Waals surface area contributed by atoms with E-state index in [2.05, 4.69) is 19.2 Å². The fourth-order valence-electron chi connectivity index (χ4n) is 2.07. The quantitative estimate of drug-likeness (QED) is 0.708. The molecule has 0 spiro atoms. The fourth-order valence-corrected chi connectivity index (χ4v) is 2.07. The van der Waals surface area contributed by atoms with Gasteiger partial charge in [0.1, 0.15) is 0 Å². The number of rotatable bonds is 8. The molecule has 0 aliphatic rings. The molecule has 3 N–H and O–H groups in total. The van der Waals surface area contributed by atoms with E-state index in [-0.39, 0.29) is 5.91 Å². The lowest BCUT2D eigenvalue weighted by atomic mass is 10.0. The van der Waals surface area contributed by atoms with Gasteiger partial charge in [-0.05, 0) is 23.5 Å². The van der Waals surface area contributed by atoms with Crippen molar-refractivity contribution < 1.29 is 4.79 Å². The standard InChI is InChI=1S/C16H26N2O/c1-13(2)7-5-6-10-18-16(19)11-14-8-3-4-9-15(14)12-17/h3-4,8-9,13H,5-7,10-12,17H2,1-2H3,(H,18,19). The molecule has 0 saturated heterocycles. The van der Waals surface area contributed by atoms with Crippen LogP contribution in [0.1, 0.15) is 44.2 Å².